The van der Waals surface area contributed by atoms with Crippen molar-refractivity contribution in [1.82, 2.24) is 0 Å². The lowest BCUT2D eigenvalue weighted by molar-refractivity contribution is 1.46. The number of rotatable bonds is 4. The van der Waals surface area contributed by atoms with Gasteiger partial charge in [0, 0.05) is 0 Å². The van der Waals surface area contributed by atoms with E-state index in [-0.39, 0.29) is 0 Å². The molecule has 0 unspecified atom stereocenters. The topological polar surface area (TPSA) is 0 Å². The number of aryl methyl sites for hydroxylation is 2. The molecule has 5 aromatic carbocycles. The van der Waals surface area contributed by atoms with Crippen molar-refractivity contribution < 1.29 is 0 Å². The molecule has 0 radical (unpaired) electrons. The van der Waals surface area contributed by atoms with Gasteiger partial charge in [-0.2, -0.15) is 0 Å². The molecule has 0 aromatic heterocycles. The minimum Gasteiger partial charge on any atom is -0.0587 e. The maximum Gasteiger partial charge on any atom is -0.0105 e. The van der Waals surface area contributed by atoms with E-state index < -0.39 is 0 Å². The molecule has 0 nitrogen and oxygen atoms in total. The highest BCUT2D eigenvalue weighted by atomic mass is 14.1. The highest BCUT2D eigenvalue weighted by Crippen LogP contribution is 2.28. The SMILES string of the molecule is Cc1ccc(C=Cc2ccc3c(ccc4cc(C=Cc5ccc(C)cc5)ccc43)c2)cc1. The molecule has 154 valence electrons. The highest BCUT2D eigenvalue weighted by Gasteiger charge is 2.02. The summed E-state index contributed by atoms with van der Waals surface area (Å²) >= 11 is 0. The number of benzene rings is 5. The zero-order valence-corrected chi connectivity index (χ0v) is 18.5. The van der Waals surface area contributed by atoms with E-state index >= 15 is 0 Å². The molecule has 0 spiro atoms. The van der Waals surface area contributed by atoms with Crippen LogP contribution in [0.1, 0.15) is 33.4 Å². The molecule has 0 atom stereocenters. The van der Waals surface area contributed by atoms with Gasteiger partial charge in [0.05, 0.1) is 0 Å². The molecule has 0 aliphatic carbocycles. The van der Waals surface area contributed by atoms with Gasteiger partial charge in [-0.15, -0.1) is 0 Å². The smallest absolute Gasteiger partial charge is 0.0105 e. The Morgan fingerprint density at radius 1 is 0.375 bits per heavy atom. The average Bonchev–Trinajstić information content (AvgIpc) is 2.83. The second kappa shape index (κ2) is 8.69. The zero-order valence-electron chi connectivity index (χ0n) is 18.5. The van der Waals surface area contributed by atoms with Crippen molar-refractivity contribution in [2.24, 2.45) is 0 Å². The Balaban J connectivity index is 1.43. The van der Waals surface area contributed by atoms with E-state index in [9.17, 15) is 0 Å². The summed E-state index contributed by atoms with van der Waals surface area (Å²) in [5.74, 6) is 0. The fraction of sp³-hybridized carbons (Fsp3) is 0.0625. The average molecular weight is 411 g/mol. The van der Waals surface area contributed by atoms with Crippen LogP contribution in [0.5, 0.6) is 0 Å². The summed E-state index contributed by atoms with van der Waals surface area (Å²) < 4.78 is 0. The van der Waals surface area contributed by atoms with Crippen LogP contribution in [0.4, 0.5) is 0 Å². The fourth-order valence-corrected chi connectivity index (χ4v) is 4.06. The van der Waals surface area contributed by atoms with Gasteiger partial charge in [-0.05, 0) is 69.8 Å². The van der Waals surface area contributed by atoms with Crippen LogP contribution >= 0.6 is 0 Å². The molecule has 0 fully saturated rings. The van der Waals surface area contributed by atoms with Gasteiger partial charge in [0.1, 0.15) is 0 Å². The van der Waals surface area contributed by atoms with Crippen LogP contribution < -0.4 is 0 Å². The van der Waals surface area contributed by atoms with E-state index in [1.165, 1.54) is 54.9 Å². The van der Waals surface area contributed by atoms with E-state index in [0.717, 1.165) is 0 Å². The van der Waals surface area contributed by atoms with E-state index in [1.54, 1.807) is 0 Å². The zero-order chi connectivity index (χ0) is 21.9. The highest BCUT2D eigenvalue weighted by molar-refractivity contribution is 6.08. The minimum absolute atomic E-state index is 1.22. The van der Waals surface area contributed by atoms with E-state index in [1.807, 2.05) is 0 Å². The molecule has 32 heavy (non-hydrogen) atoms. The molecular formula is C32H26. The van der Waals surface area contributed by atoms with Gasteiger partial charge in [0.25, 0.3) is 0 Å². The number of hydrogen-bond acceptors (Lipinski definition) is 0. The first-order chi connectivity index (χ1) is 15.6. The van der Waals surface area contributed by atoms with Crippen molar-refractivity contribution in [3.8, 4) is 0 Å². The first-order valence-electron chi connectivity index (χ1n) is 11.1. The largest absolute Gasteiger partial charge is 0.0587 e. The van der Waals surface area contributed by atoms with Crippen molar-refractivity contribution >= 4 is 45.8 Å². The lowest BCUT2D eigenvalue weighted by atomic mass is 9.98. The molecule has 0 heterocycles. The lowest BCUT2D eigenvalue weighted by Crippen LogP contribution is -1.81. The van der Waals surface area contributed by atoms with Crippen LogP contribution in [0.2, 0.25) is 0 Å². The van der Waals surface area contributed by atoms with E-state index in [2.05, 4.69) is 135 Å². The second-order valence-corrected chi connectivity index (χ2v) is 8.51. The van der Waals surface area contributed by atoms with Crippen molar-refractivity contribution in [2.45, 2.75) is 13.8 Å². The van der Waals surface area contributed by atoms with E-state index in [4.69, 9.17) is 0 Å². The maximum atomic E-state index is 2.27. The molecule has 0 heteroatoms. The minimum atomic E-state index is 1.22. The van der Waals surface area contributed by atoms with Gasteiger partial charge < -0.3 is 0 Å². The van der Waals surface area contributed by atoms with Gasteiger partial charge in [0.2, 0.25) is 0 Å². The molecule has 0 bridgehead atoms. The van der Waals surface area contributed by atoms with Gasteiger partial charge >= 0.3 is 0 Å². The van der Waals surface area contributed by atoms with Crippen molar-refractivity contribution in [3.63, 3.8) is 0 Å². The Kier molecular flexibility index (Phi) is 5.44. The maximum absolute atomic E-state index is 2.27. The van der Waals surface area contributed by atoms with Crippen LogP contribution in [0, 0.1) is 13.8 Å². The molecule has 5 rings (SSSR count). The molecule has 0 aliphatic heterocycles. The fourth-order valence-electron chi connectivity index (χ4n) is 4.06. The lowest BCUT2D eigenvalue weighted by Gasteiger charge is -2.06. The monoisotopic (exact) mass is 410 g/mol. The Bertz CT molecular complexity index is 1330. The van der Waals surface area contributed by atoms with Gasteiger partial charge in [-0.25, -0.2) is 0 Å². The van der Waals surface area contributed by atoms with Crippen LogP contribution in [-0.2, 0) is 0 Å². The van der Waals surface area contributed by atoms with Crippen LogP contribution in [0.3, 0.4) is 0 Å². The normalized spacial score (nSPS) is 11.8. The first kappa shape index (κ1) is 20.0. The Hall–Kier alpha value is -3.90. The predicted molar refractivity (Wildman–Crippen MR) is 142 cm³/mol. The van der Waals surface area contributed by atoms with Crippen molar-refractivity contribution in [3.05, 3.63) is 130 Å². The molecule has 0 amide bonds. The predicted octanol–water partition coefficient (Wildman–Crippen LogP) is 8.95. The van der Waals surface area contributed by atoms with Gasteiger partial charge in [0.15, 0.2) is 0 Å². The molecule has 0 aliphatic rings. The molecule has 0 N–H and O–H groups in total. The summed E-state index contributed by atoms with van der Waals surface area (Å²) in [4.78, 5) is 0. The molecular weight excluding hydrogens is 384 g/mol. The summed E-state index contributed by atoms with van der Waals surface area (Å²) in [6, 6.07) is 35.1. The van der Waals surface area contributed by atoms with Crippen molar-refractivity contribution in [1.29, 1.82) is 0 Å². The van der Waals surface area contributed by atoms with Crippen molar-refractivity contribution in [2.75, 3.05) is 0 Å². The third-order valence-corrected chi connectivity index (χ3v) is 5.98. The summed E-state index contributed by atoms with van der Waals surface area (Å²) in [6.07, 6.45) is 8.73. The van der Waals surface area contributed by atoms with Gasteiger partial charge in [-0.1, -0.05) is 120 Å². The summed E-state index contributed by atoms with van der Waals surface area (Å²) in [5, 5.41) is 5.13. The number of hydrogen-bond donors (Lipinski definition) is 0. The Morgan fingerprint density at radius 3 is 1.12 bits per heavy atom. The van der Waals surface area contributed by atoms with Crippen LogP contribution in [-0.4, -0.2) is 0 Å². The Morgan fingerprint density at radius 2 is 0.719 bits per heavy atom. The first-order valence-corrected chi connectivity index (χ1v) is 11.1. The standard InChI is InChI=1S/C32H26/c1-23-3-7-25(8-4-23)11-13-27-15-19-31-29(21-27)17-18-30-22-28(16-20-32(30)31)14-12-26-9-5-24(2)6-10-26/h3-22H,1-2H3. The molecule has 5 aromatic rings. The van der Waals surface area contributed by atoms with Gasteiger partial charge in [-0.3, -0.25) is 0 Å². The van der Waals surface area contributed by atoms with E-state index in [0.29, 0.717) is 0 Å². The summed E-state index contributed by atoms with van der Waals surface area (Å²) in [6.45, 7) is 4.23. The quantitative estimate of drug-likeness (QED) is 0.205. The third-order valence-electron chi connectivity index (χ3n) is 5.98. The Labute approximate surface area is 190 Å². The van der Waals surface area contributed by atoms with Crippen LogP contribution in [0.15, 0.2) is 97.1 Å². The summed E-state index contributed by atoms with van der Waals surface area (Å²) in [5.41, 5.74) is 7.45. The second-order valence-electron chi connectivity index (χ2n) is 8.51. The third kappa shape index (κ3) is 4.40. The molecule has 0 saturated carbocycles. The number of fused-ring (bicyclic) bond motifs is 3. The van der Waals surface area contributed by atoms with Crippen LogP contribution in [0.25, 0.3) is 45.8 Å². The summed E-state index contributed by atoms with van der Waals surface area (Å²) in [7, 11) is 0. The molecule has 0 saturated heterocycles.